The van der Waals surface area contributed by atoms with Gasteiger partial charge < -0.3 is 4.74 Å². The molecule has 1 aromatic heterocycles. The van der Waals surface area contributed by atoms with E-state index in [9.17, 15) is 8.42 Å². The third kappa shape index (κ3) is 3.44. The normalized spacial score (nSPS) is 20.2. The maximum atomic E-state index is 11.9. The Labute approximate surface area is 143 Å². The molecule has 1 N–H and O–H groups in total. The van der Waals surface area contributed by atoms with Crippen LogP contribution < -0.4 is 9.46 Å². The first-order valence-electron chi connectivity index (χ1n) is 8.03. The molecule has 1 aliphatic carbocycles. The van der Waals surface area contributed by atoms with Gasteiger partial charge in [0.2, 0.25) is 10.0 Å². The second-order valence-electron chi connectivity index (χ2n) is 6.34. The molecule has 1 heterocycles. The van der Waals surface area contributed by atoms with Crippen molar-refractivity contribution in [3.05, 3.63) is 48.2 Å². The number of benzene rings is 1. The van der Waals surface area contributed by atoms with Crippen LogP contribution in [0.1, 0.15) is 31.7 Å². The van der Waals surface area contributed by atoms with Crippen molar-refractivity contribution in [2.75, 3.05) is 7.11 Å². The Bertz CT molecular complexity index is 816. The second-order valence-corrected chi connectivity index (χ2v) is 8.61. The molecule has 0 unspecified atom stereocenters. The van der Waals surface area contributed by atoms with Crippen LogP contribution in [-0.2, 0) is 10.0 Å². The number of methoxy groups -OCH3 is 1. The third-order valence-electron chi connectivity index (χ3n) is 4.33. The molecule has 1 fully saturated rings. The Hall–Kier alpha value is -1.92. The third-order valence-corrected chi connectivity index (χ3v) is 6.20. The number of aromatic nitrogens is 1. The first kappa shape index (κ1) is 16.9. The molecule has 0 bridgehead atoms. The van der Waals surface area contributed by atoms with Crippen LogP contribution in [0.15, 0.2) is 42.6 Å². The number of hydrogen-bond donors (Lipinski definition) is 1. The average Bonchev–Trinajstić information content (AvgIpc) is 3.33. The van der Waals surface area contributed by atoms with Crippen LogP contribution in [0.2, 0.25) is 0 Å². The van der Waals surface area contributed by atoms with E-state index in [4.69, 9.17) is 4.74 Å². The van der Waals surface area contributed by atoms with Crippen molar-refractivity contribution in [1.29, 1.82) is 0 Å². The lowest BCUT2D eigenvalue weighted by Crippen LogP contribution is -2.33. The Morgan fingerprint density at radius 2 is 1.92 bits per heavy atom. The predicted molar refractivity (Wildman–Crippen MR) is 94.6 cm³/mol. The molecule has 2 aromatic rings. The van der Waals surface area contributed by atoms with E-state index in [1.807, 2.05) is 36.4 Å². The maximum Gasteiger partial charge on any atom is 0.214 e. The van der Waals surface area contributed by atoms with E-state index in [1.54, 1.807) is 27.2 Å². The van der Waals surface area contributed by atoms with Crippen LogP contribution >= 0.6 is 0 Å². The first-order valence-corrected chi connectivity index (χ1v) is 9.57. The number of rotatable bonds is 6. The van der Waals surface area contributed by atoms with E-state index < -0.39 is 15.3 Å². The summed E-state index contributed by atoms with van der Waals surface area (Å²) in [6, 6.07) is 11.8. The number of hydrogen-bond acceptors (Lipinski definition) is 4. The molecule has 6 heteroatoms. The minimum absolute atomic E-state index is 0.00707. The second kappa shape index (κ2) is 6.53. The largest absolute Gasteiger partial charge is 0.494 e. The van der Waals surface area contributed by atoms with Crippen molar-refractivity contribution in [1.82, 2.24) is 9.71 Å². The number of nitrogens with one attached hydrogen (secondary N) is 1. The summed E-state index contributed by atoms with van der Waals surface area (Å²) in [7, 11) is -1.58. The summed E-state index contributed by atoms with van der Waals surface area (Å²) >= 11 is 0. The van der Waals surface area contributed by atoms with Gasteiger partial charge in [0.15, 0.2) is 0 Å². The maximum absolute atomic E-state index is 11.9. The quantitative estimate of drug-likeness (QED) is 0.873. The fraction of sp³-hybridized carbons (Fsp3) is 0.389. The van der Waals surface area contributed by atoms with Crippen molar-refractivity contribution >= 4 is 10.0 Å². The fourth-order valence-corrected chi connectivity index (χ4v) is 3.66. The van der Waals surface area contributed by atoms with Crippen LogP contribution in [-0.4, -0.2) is 31.8 Å². The van der Waals surface area contributed by atoms with Crippen molar-refractivity contribution in [2.45, 2.75) is 37.5 Å². The molecule has 0 spiro atoms. The summed E-state index contributed by atoms with van der Waals surface area (Å²) < 4.78 is 32.0. The molecule has 1 aliphatic rings. The van der Waals surface area contributed by atoms with E-state index >= 15 is 0 Å². The number of nitrogens with zero attached hydrogens (tertiary/aromatic N) is 1. The average molecular weight is 346 g/mol. The number of pyridine rings is 1. The van der Waals surface area contributed by atoms with Gasteiger partial charge in [-0.15, -0.1) is 0 Å². The van der Waals surface area contributed by atoms with E-state index in [0.717, 1.165) is 29.0 Å². The smallest absolute Gasteiger partial charge is 0.214 e. The molecule has 0 aliphatic heterocycles. The molecule has 24 heavy (non-hydrogen) atoms. The van der Waals surface area contributed by atoms with Crippen molar-refractivity contribution in [3.8, 4) is 17.0 Å². The highest BCUT2D eigenvalue weighted by Crippen LogP contribution is 2.42. The summed E-state index contributed by atoms with van der Waals surface area (Å²) in [5.41, 5.74) is 2.93. The van der Waals surface area contributed by atoms with Gasteiger partial charge in [-0.2, -0.15) is 0 Å². The monoisotopic (exact) mass is 346 g/mol. The minimum Gasteiger partial charge on any atom is -0.494 e. The summed E-state index contributed by atoms with van der Waals surface area (Å²) in [6.07, 6.45) is 2.58. The molecule has 1 aromatic carbocycles. The zero-order valence-corrected chi connectivity index (χ0v) is 14.9. The van der Waals surface area contributed by atoms with E-state index in [0.29, 0.717) is 0 Å². The first-order chi connectivity index (χ1) is 11.4. The summed E-state index contributed by atoms with van der Waals surface area (Å²) in [5, 5.41) is -0.405. The van der Waals surface area contributed by atoms with E-state index in [-0.39, 0.29) is 12.0 Å². The molecule has 128 valence electrons. The fourth-order valence-electron chi connectivity index (χ4n) is 2.70. The van der Waals surface area contributed by atoms with Crippen molar-refractivity contribution in [3.63, 3.8) is 0 Å². The lowest BCUT2D eigenvalue weighted by Gasteiger charge is -2.10. The highest BCUT2D eigenvalue weighted by atomic mass is 32.2. The Morgan fingerprint density at radius 3 is 2.54 bits per heavy atom. The van der Waals surface area contributed by atoms with Crippen LogP contribution in [0.3, 0.4) is 0 Å². The molecular weight excluding hydrogens is 324 g/mol. The van der Waals surface area contributed by atoms with Gasteiger partial charge in [0.05, 0.1) is 12.4 Å². The van der Waals surface area contributed by atoms with E-state index in [1.165, 1.54) is 0 Å². The van der Waals surface area contributed by atoms with Gasteiger partial charge in [-0.25, -0.2) is 13.1 Å². The summed E-state index contributed by atoms with van der Waals surface area (Å²) in [5.74, 6) is 0.984. The summed E-state index contributed by atoms with van der Waals surface area (Å²) in [4.78, 5) is 4.38. The highest BCUT2D eigenvalue weighted by molar-refractivity contribution is 7.90. The molecular formula is C18H22N2O3S. The Morgan fingerprint density at radius 1 is 1.21 bits per heavy atom. The number of sulfonamides is 1. The van der Waals surface area contributed by atoms with Gasteiger partial charge >= 0.3 is 0 Å². The van der Waals surface area contributed by atoms with Gasteiger partial charge in [0.25, 0.3) is 0 Å². The molecule has 0 amide bonds. The molecule has 5 nitrogen and oxygen atoms in total. The number of ether oxygens (including phenoxy) is 1. The van der Waals surface area contributed by atoms with Gasteiger partial charge in [-0.1, -0.05) is 24.3 Å². The topological polar surface area (TPSA) is 68.3 Å². The van der Waals surface area contributed by atoms with Crippen LogP contribution in [0.25, 0.3) is 11.3 Å². The van der Waals surface area contributed by atoms with Gasteiger partial charge in [-0.05, 0) is 38.0 Å². The summed E-state index contributed by atoms with van der Waals surface area (Å²) in [6.45, 7) is 3.38. The van der Waals surface area contributed by atoms with Crippen LogP contribution in [0.5, 0.6) is 5.75 Å². The highest BCUT2D eigenvalue weighted by Gasteiger charge is 2.41. The molecule has 0 saturated heterocycles. The zero-order chi connectivity index (χ0) is 17.3. The molecule has 0 radical (unpaired) electrons. The van der Waals surface area contributed by atoms with Crippen LogP contribution in [0, 0.1) is 0 Å². The van der Waals surface area contributed by atoms with Crippen LogP contribution in [0.4, 0.5) is 0 Å². The van der Waals surface area contributed by atoms with Gasteiger partial charge in [0, 0.05) is 23.7 Å². The van der Waals surface area contributed by atoms with Gasteiger partial charge in [0.1, 0.15) is 11.4 Å². The minimum atomic E-state index is -3.21. The molecule has 2 atom stereocenters. The van der Waals surface area contributed by atoms with E-state index in [2.05, 4.69) is 9.71 Å². The lowest BCUT2D eigenvalue weighted by atomic mass is 10.0. The SMILES string of the molecule is COc1cccnc1-c1ccc([C@H]2C[C@@H]2NS(=O)(=O)C(C)C)cc1. The van der Waals surface area contributed by atoms with Crippen molar-refractivity contribution in [2.24, 2.45) is 0 Å². The predicted octanol–water partition coefficient (Wildman–Crippen LogP) is 2.94. The Balaban J connectivity index is 1.73. The standard InChI is InChI=1S/C18H22N2O3S/c1-12(2)24(21,22)20-16-11-15(16)13-6-8-14(9-7-13)18-17(23-3)5-4-10-19-18/h4-10,12,15-16,20H,11H2,1-3H3/t15-,16+/m1/s1. The van der Waals surface area contributed by atoms with Gasteiger partial charge in [-0.3, -0.25) is 4.98 Å². The Kier molecular flexibility index (Phi) is 4.60. The van der Waals surface area contributed by atoms with Crippen molar-refractivity contribution < 1.29 is 13.2 Å². The molecule has 3 rings (SSSR count). The zero-order valence-electron chi connectivity index (χ0n) is 14.1. The lowest BCUT2D eigenvalue weighted by molar-refractivity contribution is 0.415. The molecule has 1 saturated carbocycles.